The van der Waals surface area contributed by atoms with Gasteiger partial charge in [-0.15, -0.1) is 0 Å². The van der Waals surface area contributed by atoms with Crippen molar-refractivity contribution in [3.63, 3.8) is 0 Å². The predicted octanol–water partition coefficient (Wildman–Crippen LogP) is 6.19. The average Bonchev–Trinajstić information content (AvgIpc) is 2.71. The van der Waals surface area contributed by atoms with Crippen molar-refractivity contribution in [2.45, 2.75) is 0 Å². The van der Waals surface area contributed by atoms with Gasteiger partial charge in [-0.2, -0.15) is 0 Å². The van der Waals surface area contributed by atoms with Crippen LogP contribution in [0.15, 0.2) is 84.9 Å². The van der Waals surface area contributed by atoms with Gasteiger partial charge in [0.1, 0.15) is 5.75 Å². The number of hydrogen-bond acceptors (Lipinski definition) is 2. The third-order valence-corrected chi connectivity index (χ3v) is 5.15. The van der Waals surface area contributed by atoms with E-state index in [-0.39, 0.29) is 11.5 Å². The zero-order valence-electron chi connectivity index (χ0n) is 14.5. The Morgan fingerprint density at radius 1 is 0.704 bits per heavy atom. The molecule has 0 bridgehead atoms. The summed E-state index contributed by atoms with van der Waals surface area (Å²) in [6.45, 7) is 0. The Balaban J connectivity index is 1.68. The van der Waals surface area contributed by atoms with Gasteiger partial charge in [0.25, 0.3) is 0 Å². The lowest BCUT2D eigenvalue weighted by atomic mass is 9.92. The molecule has 0 heterocycles. The topological polar surface area (TPSA) is 37.3 Å². The van der Waals surface area contributed by atoms with Crippen LogP contribution in [0.5, 0.6) is 5.75 Å². The number of benzene rings is 5. The zero-order chi connectivity index (χ0) is 18.4. The van der Waals surface area contributed by atoms with E-state index in [1.165, 1.54) is 39.1 Å². The van der Waals surface area contributed by atoms with E-state index in [0.29, 0.717) is 5.56 Å². The van der Waals surface area contributed by atoms with Gasteiger partial charge in [-0.1, -0.05) is 72.8 Å². The summed E-state index contributed by atoms with van der Waals surface area (Å²) in [6.07, 6.45) is 3.36. The Morgan fingerprint density at radius 2 is 1.37 bits per heavy atom. The van der Waals surface area contributed by atoms with Crippen LogP contribution < -0.4 is 0 Å². The van der Waals surface area contributed by atoms with Gasteiger partial charge in [0.15, 0.2) is 5.78 Å². The molecule has 0 saturated carbocycles. The first-order valence-electron chi connectivity index (χ1n) is 8.89. The lowest BCUT2D eigenvalue weighted by Crippen LogP contribution is -1.94. The number of hydrogen-bond donors (Lipinski definition) is 1. The number of aromatic hydroxyl groups is 1. The van der Waals surface area contributed by atoms with Crippen LogP contribution in [0.4, 0.5) is 0 Å². The summed E-state index contributed by atoms with van der Waals surface area (Å²) in [7, 11) is 0. The number of ketones is 1. The Morgan fingerprint density at radius 3 is 2.15 bits per heavy atom. The largest absolute Gasteiger partial charge is 0.507 e. The van der Waals surface area contributed by atoms with Gasteiger partial charge in [-0.05, 0) is 56.1 Å². The Hall–Kier alpha value is -3.65. The molecule has 0 saturated heterocycles. The highest BCUT2D eigenvalue weighted by Gasteiger charge is 2.10. The molecule has 2 nitrogen and oxygen atoms in total. The van der Waals surface area contributed by atoms with Crippen LogP contribution in [-0.4, -0.2) is 10.9 Å². The predicted molar refractivity (Wildman–Crippen MR) is 112 cm³/mol. The van der Waals surface area contributed by atoms with Gasteiger partial charge in [0, 0.05) is 0 Å². The second-order valence-electron chi connectivity index (χ2n) is 6.73. The average molecular weight is 348 g/mol. The van der Waals surface area contributed by atoms with E-state index in [9.17, 15) is 9.90 Å². The molecular weight excluding hydrogens is 332 g/mol. The van der Waals surface area contributed by atoms with E-state index in [1.54, 1.807) is 18.2 Å². The molecule has 0 aliphatic carbocycles. The number of carbonyl (C=O) groups is 1. The molecule has 5 rings (SSSR count). The van der Waals surface area contributed by atoms with E-state index < -0.39 is 0 Å². The van der Waals surface area contributed by atoms with Gasteiger partial charge in [0.05, 0.1) is 5.56 Å². The van der Waals surface area contributed by atoms with Crippen LogP contribution in [0.25, 0.3) is 38.4 Å². The van der Waals surface area contributed by atoms with Gasteiger partial charge < -0.3 is 5.11 Å². The van der Waals surface area contributed by atoms with Crippen molar-refractivity contribution in [1.82, 2.24) is 0 Å². The monoisotopic (exact) mass is 348 g/mol. The molecule has 0 unspecified atom stereocenters. The molecule has 27 heavy (non-hydrogen) atoms. The third-order valence-electron chi connectivity index (χ3n) is 5.15. The minimum Gasteiger partial charge on any atom is -0.507 e. The highest BCUT2D eigenvalue weighted by molar-refractivity contribution is 6.24. The summed E-state index contributed by atoms with van der Waals surface area (Å²) in [5.74, 6) is -0.207. The minimum absolute atomic E-state index is 0.00235. The molecule has 2 heteroatoms. The number of allylic oxidation sites excluding steroid dienone is 1. The van der Waals surface area contributed by atoms with Gasteiger partial charge in [-0.25, -0.2) is 0 Å². The Labute approximate surface area is 156 Å². The number of phenols is 1. The summed E-state index contributed by atoms with van der Waals surface area (Å²) in [5.41, 5.74) is 1.30. The van der Waals surface area contributed by atoms with Crippen LogP contribution in [0, 0.1) is 0 Å². The van der Waals surface area contributed by atoms with Crippen LogP contribution in [0.1, 0.15) is 15.9 Å². The number of phenolic OH excluding ortho intramolecular Hbond substituents is 1. The van der Waals surface area contributed by atoms with E-state index >= 15 is 0 Å². The second-order valence-corrected chi connectivity index (χ2v) is 6.73. The summed E-state index contributed by atoms with van der Waals surface area (Å²) >= 11 is 0. The molecule has 0 spiro atoms. The molecular formula is C25H16O2. The fourth-order valence-corrected chi connectivity index (χ4v) is 3.84. The molecule has 0 amide bonds. The lowest BCUT2D eigenvalue weighted by molar-refractivity contribution is 0.104. The molecule has 0 aliphatic rings. The fourth-order valence-electron chi connectivity index (χ4n) is 3.84. The molecule has 0 fully saturated rings. The SMILES string of the molecule is O=C(/C=C/c1ccc2ccc3cccc4ccc1c2c34)c1ccccc1O. The zero-order valence-corrected chi connectivity index (χ0v) is 14.5. The molecule has 0 aliphatic heterocycles. The second kappa shape index (κ2) is 5.96. The third kappa shape index (κ3) is 2.46. The maximum Gasteiger partial charge on any atom is 0.189 e. The van der Waals surface area contributed by atoms with Crippen LogP contribution in [-0.2, 0) is 0 Å². The van der Waals surface area contributed by atoms with E-state index in [1.807, 2.05) is 12.1 Å². The van der Waals surface area contributed by atoms with Crippen LogP contribution in [0.2, 0.25) is 0 Å². The van der Waals surface area contributed by atoms with E-state index in [0.717, 1.165) is 10.9 Å². The van der Waals surface area contributed by atoms with Crippen molar-refractivity contribution in [3.05, 3.63) is 96.1 Å². The summed E-state index contributed by atoms with van der Waals surface area (Å²) in [5, 5.41) is 17.1. The first-order chi connectivity index (χ1) is 13.2. The fraction of sp³-hybridized carbons (Fsp3) is 0. The maximum absolute atomic E-state index is 12.5. The smallest absolute Gasteiger partial charge is 0.189 e. The standard InChI is InChI=1S/C25H16O2/c26-22-7-2-1-6-21(22)23(27)15-13-16-8-9-19-11-10-17-4-3-5-18-12-14-20(16)25(19)24(17)18/h1-15,26H/b15-13+. The highest BCUT2D eigenvalue weighted by Crippen LogP contribution is 2.36. The van der Waals surface area contributed by atoms with Crippen molar-refractivity contribution in [2.75, 3.05) is 0 Å². The van der Waals surface area contributed by atoms with Crippen molar-refractivity contribution in [3.8, 4) is 5.75 Å². The van der Waals surface area contributed by atoms with Crippen LogP contribution >= 0.6 is 0 Å². The van der Waals surface area contributed by atoms with E-state index in [4.69, 9.17) is 0 Å². The normalized spacial score (nSPS) is 11.9. The van der Waals surface area contributed by atoms with Gasteiger partial charge in [0.2, 0.25) is 0 Å². The molecule has 0 radical (unpaired) electrons. The molecule has 128 valence electrons. The quantitative estimate of drug-likeness (QED) is 0.240. The summed E-state index contributed by atoms with van der Waals surface area (Å²) in [6, 6.07) is 25.6. The van der Waals surface area contributed by atoms with Crippen molar-refractivity contribution >= 4 is 44.2 Å². The lowest BCUT2D eigenvalue weighted by Gasteiger charge is -2.12. The maximum atomic E-state index is 12.5. The molecule has 5 aromatic rings. The Bertz CT molecular complexity index is 1330. The Kier molecular flexibility index (Phi) is 3.44. The van der Waals surface area contributed by atoms with Crippen molar-refractivity contribution in [1.29, 1.82) is 0 Å². The van der Waals surface area contributed by atoms with E-state index in [2.05, 4.69) is 48.5 Å². The summed E-state index contributed by atoms with van der Waals surface area (Å²) in [4.78, 5) is 12.5. The van der Waals surface area contributed by atoms with Crippen molar-refractivity contribution in [2.24, 2.45) is 0 Å². The van der Waals surface area contributed by atoms with Crippen LogP contribution in [0.3, 0.4) is 0 Å². The molecule has 0 atom stereocenters. The summed E-state index contributed by atoms with van der Waals surface area (Å²) < 4.78 is 0. The van der Waals surface area contributed by atoms with Gasteiger partial charge >= 0.3 is 0 Å². The number of para-hydroxylation sites is 1. The van der Waals surface area contributed by atoms with Gasteiger partial charge in [-0.3, -0.25) is 4.79 Å². The highest BCUT2D eigenvalue weighted by atomic mass is 16.3. The number of rotatable bonds is 3. The number of carbonyl (C=O) groups excluding carboxylic acids is 1. The van der Waals surface area contributed by atoms with Crippen molar-refractivity contribution < 1.29 is 9.90 Å². The molecule has 0 aromatic heterocycles. The molecule has 1 N–H and O–H groups in total. The first-order valence-corrected chi connectivity index (χ1v) is 8.89. The first kappa shape index (κ1) is 15.6. The minimum atomic E-state index is -0.209. The molecule has 5 aromatic carbocycles.